The van der Waals surface area contributed by atoms with Gasteiger partial charge >= 0.3 is 0 Å². The van der Waals surface area contributed by atoms with E-state index in [0.717, 1.165) is 12.8 Å². The molecule has 0 spiro atoms. The van der Waals surface area contributed by atoms with E-state index in [9.17, 15) is 4.79 Å². The molecule has 1 amide bonds. The molecule has 0 aliphatic heterocycles. The van der Waals surface area contributed by atoms with E-state index in [1.807, 2.05) is 0 Å². The van der Waals surface area contributed by atoms with Crippen molar-refractivity contribution in [1.29, 1.82) is 0 Å². The van der Waals surface area contributed by atoms with Gasteiger partial charge in [0.15, 0.2) is 0 Å². The van der Waals surface area contributed by atoms with Crippen molar-refractivity contribution in [3.05, 3.63) is 28.2 Å². The highest BCUT2D eigenvalue weighted by molar-refractivity contribution is 6.43. The Balaban J connectivity index is 2.13. The van der Waals surface area contributed by atoms with Crippen LogP contribution in [0.15, 0.2) is 18.2 Å². The summed E-state index contributed by atoms with van der Waals surface area (Å²) in [4.78, 5) is 11.8. The molecule has 1 aromatic rings. The second kappa shape index (κ2) is 10.9. The Labute approximate surface area is 138 Å². The number of hydrogen-bond acceptors (Lipinski definition) is 1. The van der Waals surface area contributed by atoms with Gasteiger partial charge in [-0.05, 0) is 18.6 Å². The van der Waals surface area contributed by atoms with Crippen molar-refractivity contribution in [3.63, 3.8) is 0 Å². The number of hydrogen-bond donors (Lipinski definition) is 1. The van der Waals surface area contributed by atoms with Crippen LogP contribution in [0.2, 0.25) is 10.0 Å². The van der Waals surface area contributed by atoms with Gasteiger partial charge in [-0.15, -0.1) is 0 Å². The fraction of sp³-hybridized carbons (Fsp3) is 0.588. The Bertz CT molecular complexity index is 435. The third-order valence-electron chi connectivity index (χ3n) is 3.48. The summed E-state index contributed by atoms with van der Waals surface area (Å²) in [7, 11) is 0. The second-order valence-electron chi connectivity index (χ2n) is 5.37. The van der Waals surface area contributed by atoms with Crippen molar-refractivity contribution < 1.29 is 4.79 Å². The second-order valence-corrected chi connectivity index (χ2v) is 6.16. The number of carbonyl (C=O) groups is 1. The predicted molar refractivity (Wildman–Crippen MR) is 92.3 cm³/mol. The van der Waals surface area contributed by atoms with Crippen LogP contribution >= 0.6 is 23.2 Å². The quantitative estimate of drug-likeness (QED) is 0.490. The number of carbonyl (C=O) groups excluding carboxylic acids is 1. The van der Waals surface area contributed by atoms with E-state index < -0.39 is 0 Å². The molecule has 2 nitrogen and oxygen atoms in total. The van der Waals surface area contributed by atoms with Crippen LogP contribution in [0, 0.1) is 0 Å². The van der Waals surface area contributed by atoms with Gasteiger partial charge in [0.25, 0.3) is 0 Å². The highest BCUT2D eigenvalue weighted by Crippen LogP contribution is 2.29. The molecule has 0 aliphatic carbocycles. The van der Waals surface area contributed by atoms with Crippen LogP contribution in [0.3, 0.4) is 0 Å². The van der Waals surface area contributed by atoms with Gasteiger partial charge < -0.3 is 5.32 Å². The van der Waals surface area contributed by atoms with Crippen molar-refractivity contribution >= 4 is 34.8 Å². The van der Waals surface area contributed by atoms with Gasteiger partial charge in [0.05, 0.1) is 15.7 Å². The van der Waals surface area contributed by atoms with Crippen molar-refractivity contribution in [2.24, 2.45) is 0 Å². The lowest BCUT2D eigenvalue weighted by Crippen LogP contribution is -2.11. The van der Waals surface area contributed by atoms with E-state index >= 15 is 0 Å². The molecule has 0 saturated heterocycles. The molecule has 0 aliphatic rings. The average molecular weight is 330 g/mol. The SMILES string of the molecule is CCCCCCCCCCC(=O)Nc1cccc(Cl)c1Cl. The predicted octanol–water partition coefficient (Wildman–Crippen LogP) is 6.46. The van der Waals surface area contributed by atoms with Gasteiger partial charge in [0.2, 0.25) is 5.91 Å². The standard InChI is InChI=1S/C17H25Cl2NO/c1-2-3-4-5-6-7-8-9-13-16(21)20-15-12-10-11-14(18)17(15)19/h10-12H,2-9,13H2,1H3,(H,20,21). The summed E-state index contributed by atoms with van der Waals surface area (Å²) >= 11 is 11.9. The summed E-state index contributed by atoms with van der Waals surface area (Å²) in [6.45, 7) is 2.23. The Kier molecular flexibility index (Phi) is 9.53. The van der Waals surface area contributed by atoms with Gasteiger partial charge in [0, 0.05) is 6.42 Å². The highest BCUT2D eigenvalue weighted by atomic mass is 35.5. The maximum atomic E-state index is 11.8. The lowest BCUT2D eigenvalue weighted by atomic mass is 10.1. The van der Waals surface area contributed by atoms with Crippen LogP contribution in [0.25, 0.3) is 0 Å². The zero-order chi connectivity index (χ0) is 15.5. The van der Waals surface area contributed by atoms with Crippen LogP contribution < -0.4 is 5.32 Å². The largest absolute Gasteiger partial charge is 0.325 e. The van der Waals surface area contributed by atoms with Gasteiger partial charge in [-0.3, -0.25) is 4.79 Å². The van der Waals surface area contributed by atoms with E-state index in [0.29, 0.717) is 22.2 Å². The minimum Gasteiger partial charge on any atom is -0.325 e. The topological polar surface area (TPSA) is 29.1 Å². The third kappa shape index (κ3) is 7.73. The smallest absolute Gasteiger partial charge is 0.224 e. The first-order chi connectivity index (χ1) is 10.1. The van der Waals surface area contributed by atoms with E-state index in [2.05, 4.69) is 12.2 Å². The van der Waals surface area contributed by atoms with Crippen molar-refractivity contribution in [1.82, 2.24) is 0 Å². The number of nitrogens with one attached hydrogen (secondary N) is 1. The van der Waals surface area contributed by atoms with E-state index in [1.54, 1.807) is 18.2 Å². The molecule has 0 heterocycles. The summed E-state index contributed by atoms with van der Waals surface area (Å²) in [5, 5.41) is 3.68. The molecule has 0 radical (unpaired) electrons. The number of rotatable bonds is 10. The molecular formula is C17H25Cl2NO. The summed E-state index contributed by atoms with van der Waals surface area (Å²) in [5.74, 6) is 0.00477. The summed E-state index contributed by atoms with van der Waals surface area (Å²) in [5.41, 5.74) is 0.591. The number of unbranched alkanes of at least 4 members (excludes halogenated alkanes) is 7. The Morgan fingerprint density at radius 2 is 1.62 bits per heavy atom. The van der Waals surface area contributed by atoms with Gasteiger partial charge in [-0.1, -0.05) is 81.1 Å². The van der Waals surface area contributed by atoms with Crippen molar-refractivity contribution in [3.8, 4) is 0 Å². The normalized spacial score (nSPS) is 10.6. The first kappa shape index (κ1) is 18.3. The number of anilines is 1. The molecule has 0 atom stereocenters. The van der Waals surface area contributed by atoms with Crippen LogP contribution in [0.1, 0.15) is 64.7 Å². The molecule has 0 aromatic heterocycles. The molecule has 21 heavy (non-hydrogen) atoms. The molecule has 0 fully saturated rings. The molecule has 1 rings (SSSR count). The van der Waals surface area contributed by atoms with Gasteiger partial charge in [-0.2, -0.15) is 0 Å². The summed E-state index contributed by atoms with van der Waals surface area (Å²) < 4.78 is 0. The van der Waals surface area contributed by atoms with Crippen molar-refractivity contribution in [2.45, 2.75) is 64.7 Å². The zero-order valence-electron chi connectivity index (χ0n) is 12.8. The average Bonchev–Trinajstić information content (AvgIpc) is 2.47. The molecule has 1 aromatic carbocycles. The Morgan fingerprint density at radius 1 is 1.00 bits per heavy atom. The molecular weight excluding hydrogens is 305 g/mol. The van der Waals surface area contributed by atoms with E-state index in [4.69, 9.17) is 23.2 Å². The molecule has 0 bridgehead atoms. The molecule has 0 unspecified atom stereocenters. The van der Waals surface area contributed by atoms with Crippen LogP contribution in [0.4, 0.5) is 5.69 Å². The first-order valence-electron chi connectivity index (χ1n) is 7.89. The number of amides is 1. The first-order valence-corrected chi connectivity index (χ1v) is 8.64. The third-order valence-corrected chi connectivity index (χ3v) is 4.30. The molecule has 4 heteroatoms. The molecule has 1 N–H and O–H groups in total. The maximum Gasteiger partial charge on any atom is 0.224 e. The highest BCUT2D eigenvalue weighted by Gasteiger charge is 2.07. The molecule has 0 saturated carbocycles. The minimum atomic E-state index is 0.00477. The fourth-order valence-electron chi connectivity index (χ4n) is 2.23. The van der Waals surface area contributed by atoms with E-state index in [1.165, 1.54) is 38.5 Å². The minimum absolute atomic E-state index is 0.00477. The lowest BCUT2D eigenvalue weighted by molar-refractivity contribution is -0.116. The van der Waals surface area contributed by atoms with Gasteiger partial charge in [-0.25, -0.2) is 0 Å². The molecule has 118 valence electrons. The van der Waals surface area contributed by atoms with E-state index in [-0.39, 0.29) is 5.91 Å². The van der Waals surface area contributed by atoms with Crippen LogP contribution in [-0.2, 0) is 4.79 Å². The maximum absolute atomic E-state index is 11.8. The number of halogens is 2. The summed E-state index contributed by atoms with van der Waals surface area (Å²) in [6, 6.07) is 5.25. The number of benzene rings is 1. The van der Waals surface area contributed by atoms with Crippen molar-refractivity contribution in [2.75, 3.05) is 5.32 Å². The van der Waals surface area contributed by atoms with Gasteiger partial charge in [0.1, 0.15) is 0 Å². The zero-order valence-corrected chi connectivity index (χ0v) is 14.3. The fourth-order valence-corrected chi connectivity index (χ4v) is 2.58. The Morgan fingerprint density at radius 3 is 2.29 bits per heavy atom. The monoisotopic (exact) mass is 329 g/mol. The van der Waals surface area contributed by atoms with Crippen LogP contribution in [0.5, 0.6) is 0 Å². The summed E-state index contributed by atoms with van der Waals surface area (Å²) in [6.07, 6.45) is 10.4. The Hall–Kier alpha value is -0.730. The van der Waals surface area contributed by atoms with Crippen LogP contribution in [-0.4, -0.2) is 5.91 Å². The lowest BCUT2D eigenvalue weighted by Gasteiger charge is -2.08.